The van der Waals surface area contributed by atoms with E-state index in [0.29, 0.717) is 6.42 Å². The number of ether oxygens (including phenoxy) is 1. The van der Waals surface area contributed by atoms with E-state index in [1.807, 2.05) is 0 Å². The lowest BCUT2D eigenvalue weighted by molar-refractivity contribution is -0.121. The molecule has 1 N–H and O–H groups in total. The SMILES string of the molecule is Cc1ccc(CCC(=O)NCCCN2CCOCC2)c(C)c1. The number of nitrogens with zero attached hydrogens (tertiary/aromatic N) is 1. The van der Waals surface area contributed by atoms with E-state index in [2.05, 4.69) is 42.3 Å². The van der Waals surface area contributed by atoms with Crippen molar-refractivity contribution in [1.82, 2.24) is 10.2 Å². The Kier molecular flexibility index (Phi) is 6.87. The minimum absolute atomic E-state index is 0.155. The van der Waals surface area contributed by atoms with E-state index in [9.17, 15) is 4.79 Å². The monoisotopic (exact) mass is 304 g/mol. The van der Waals surface area contributed by atoms with E-state index in [0.717, 1.165) is 52.2 Å². The van der Waals surface area contributed by atoms with Crippen LogP contribution in [0.15, 0.2) is 18.2 Å². The second-order valence-corrected chi connectivity index (χ2v) is 6.09. The zero-order valence-corrected chi connectivity index (χ0v) is 13.9. The average molecular weight is 304 g/mol. The van der Waals surface area contributed by atoms with Gasteiger partial charge in [-0.2, -0.15) is 0 Å². The van der Waals surface area contributed by atoms with E-state index in [4.69, 9.17) is 4.74 Å². The van der Waals surface area contributed by atoms with Crippen LogP contribution >= 0.6 is 0 Å². The van der Waals surface area contributed by atoms with Crippen molar-refractivity contribution in [3.05, 3.63) is 34.9 Å². The molecular weight excluding hydrogens is 276 g/mol. The first kappa shape index (κ1) is 17.0. The molecule has 1 amide bonds. The van der Waals surface area contributed by atoms with Crippen molar-refractivity contribution >= 4 is 5.91 Å². The molecule has 1 aromatic carbocycles. The topological polar surface area (TPSA) is 41.6 Å². The molecule has 0 aliphatic carbocycles. The second-order valence-electron chi connectivity index (χ2n) is 6.09. The number of hydrogen-bond donors (Lipinski definition) is 1. The van der Waals surface area contributed by atoms with Gasteiger partial charge in [0.05, 0.1) is 13.2 Å². The third-order valence-corrected chi connectivity index (χ3v) is 4.20. The molecule has 1 heterocycles. The Balaban J connectivity index is 1.59. The van der Waals surface area contributed by atoms with E-state index in [1.54, 1.807) is 0 Å². The van der Waals surface area contributed by atoms with Gasteiger partial charge >= 0.3 is 0 Å². The number of aryl methyl sites for hydroxylation is 3. The number of morpholine rings is 1. The van der Waals surface area contributed by atoms with Crippen LogP contribution < -0.4 is 5.32 Å². The van der Waals surface area contributed by atoms with Gasteiger partial charge in [0, 0.05) is 26.1 Å². The molecule has 1 aromatic rings. The molecule has 0 unspecified atom stereocenters. The summed E-state index contributed by atoms with van der Waals surface area (Å²) in [7, 11) is 0. The maximum atomic E-state index is 11.9. The lowest BCUT2D eigenvalue weighted by Crippen LogP contribution is -2.38. The molecule has 122 valence electrons. The Morgan fingerprint density at radius 2 is 2.05 bits per heavy atom. The van der Waals surface area contributed by atoms with E-state index < -0.39 is 0 Å². The number of benzene rings is 1. The standard InChI is InChI=1S/C18H28N2O2/c1-15-4-5-17(16(2)14-15)6-7-18(21)19-8-3-9-20-10-12-22-13-11-20/h4-5,14H,3,6-13H2,1-2H3,(H,19,21). The fourth-order valence-corrected chi connectivity index (χ4v) is 2.82. The van der Waals surface area contributed by atoms with Gasteiger partial charge in [0.2, 0.25) is 5.91 Å². The molecule has 2 rings (SSSR count). The first-order valence-corrected chi connectivity index (χ1v) is 8.28. The van der Waals surface area contributed by atoms with Gasteiger partial charge in [-0.3, -0.25) is 9.69 Å². The lowest BCUT2D eigenvalue weighted by atomic mass is 10.0. The predicted octanol–water partition coefficient (Wildman–Crippen LogP) is 2.07. The van der Waals surface area contributed by atoms with Crippen molar-refractivity contribution in [2.24, 2.45) is 0 Å². The average Bonchev–Trinajstić information content (AvgIpc) is 2.52. The fraction of sp³-hybridized carbons (Fsp3) is 0.611. The zero-order valence-electron chi connectivity index (χ0n) is 13.9. The maximum absolute atomic E-state index is 11.9. The first-order valence-electron chi connectivity index (χ1n) is 8.28. The summed E-state index contributed by atoms with van der Waals surface area (Å²) in [6.07, 6.45) is 2.40. The minimum atomic E-state index is 0.155. The highest BCUT2D eigenvalue weighted by atomic mass is 16.5. The summed E-state index contributed by atoms with van der Waals surface area (Å²) in [5.41, 5.74) is 3.82. The number of nitrogens with one attached hydrogen (secondary N) is 1. The van der Waals surface area contributed by atoms with Crippen molar-refractivity contribution in [2.75, 3.05) is 39.4 Å². The molecule has 1 aliphatic rings. The molecule has 0 radical (unpaired) electrons. The molecule has 0 spiro atoms. The predicted molar refractivity (Wildman–Crippen MR) is 89.1 cm³/mol. The maximum Gasteiger partial charge on any atom is 0.220 e. The van der Waals surface area contributed by atoms with Gasteiger partial charge in [0.25, 0.3) is 0 Å². The van der Waals surface area contributed by atoms with Crippen LogP contribution in [-0.2, 0) is 16.0 Å². The minimum Gasteiger partial charge on any atom is -0.379 e. The second kappa shape index (κ2) is 8.91. The molecule has 1 fully saturated rings. The Morgan fingerprint density at radius 3 is 2.77 bits per heavy atom. The first-order chi connectivity index (χ1) is 10.6. The summed E-state index contributed by atoms with van der Waals surface area (Å²) in [5.74, 6) is 0.155. The summed E-state index contributed by atoms with van der Waals surface area (Å²) in [6.45, 7) is 9.72. The largest absolute Gasteiger partial charge is 0.379 e. The van der Waals surface area contributed by atoms with E-state index in [1.165, 1.54) is 16.7 Å². The molecule has 0 atom stereocenters. The van der Waals surface area contributed by atoms with Gasteiger partial charge in [0.1, 0.15) is 0 Å². The third-order valence-electron chi connectivity index (χ3n) is 4.20. The molecule has 0 bridgehead atoms. The molecule has 1 saturated heterocycles. The summed E-state index contributed by atoms with van der Waals surface area (Å²) in [4.78, 5) is 14.3. The smallest absolute Gasteiger partial charge is 0.220 e. The molecule has 0 saturated carbocycles. The molecule has 22 heavy (non-hydrogen) atoms. The number of carbonyl (C=O) groups is 1. The Bertz CT molecular complexity index is 482. The van der Waals surface area contributed by atoms with Gasteiger partial charge in [-0.15, -0.1) is 0 Å². The zero-order chi connectivity index (χ0) is 15.8. The summed E-state index contributed by atoms with van der Waals surface area (Å²) >= 11 is 0. The van der Waals surface area contributed by atoms with Gasteiger partial charge in [-0.25, -0.2) is 0 Å². The number of hydrogen-bond acceptors (Lipinski definition) is 3. The fourth-order valence-electron chi connectivity index (χ4n) is 2.82. The van der Waals surface area contributed by atoms with Gasteiger partial charge in [-0.05, 0) is 44.4 Å². The molecule has 4 heteroatoms. The summed E-state index contributed by atoms with van der Waals surface area (Å²) in [6, 6.07) is 6.43. The van der Waals surface area contributed by atoms with Gasteiger partial charge in [-0.1, -0.05) is 23.8 Å². The van der Waals surface area contributed by atoms with Crippen molar-refractivity contribution in [2.45, 2.75) is 33.1 Å². The number of carbonyl (C=O) groups excluding carboxylic acids is 1. The van der Waals surface area contributed by atoms with Crippen LogP contribution in [0.2, 0.25) is 0 Å². The third kappa shape index (κ3) is 5.78. The summed E-state index contributed by atoms with van der Waals surface area (Å²) < 4.78 is 5.32. The van der Waals surface area contributed by atoms with Crippen molar-refractivity contribution in [3.63, 3.8) is 0 Å². The van der Waals surface area contributed by atoms with Gasteiger partial charge in [0.15, 0.2) is 0 Å². The van der Waals surface area contributed by atoms with Crippen LogP contribution in [0.25, 0.3) is 0 Å². The highest BCUT2D eigenvalue weighted by Crippen LogP contribution is 2.12. The normalized spacial score (nSPS) is 15.7. The molecule has 4 nitrogen and oxygen atoms in total. The Morgan fingerprint density at radius 1 is 1.27 bits per heavy atom. The van der Waals surface area contributed by atoms with Crippen LogP contribution in [0.5, 0.6) is 0 Å². The number of amides is 1. The Labute approximate surface area is 133 Å². The van der Waals surface area contributed by atoms with Crippen LogP contribution in [0.3, 0.4) is 0 Å². The highest BCUT2D eigenvalue weighted by molar-refractivity contribution is 5.76. The van der Waals surface area contributed by atoms with Crippen molar-refractivity contribution in [3.8, 4) is 0 Å². The van der Waals surface area contributed by atoms with E-state index in [-0.39, 0.29) is 5.91 Å². The Hall–Kier alpha value is -1.39. The number of rotatable bonds is 7. The van der Waals surface area contributed by atoms with Crippen LogP contribution in [0, 0.1) is 13.8 Å². The van der Waals surface area contributed by atoms with Gasteiger partial charge < -0.3 is 10.1 Å². The van der Waals surface area contributed by atoms with E-state index >= 15 is 0 Å². The van der Waals surface area contributed by atoms with Crippen LogP contribution in [0.1, 0.15) is 29.5 Å². The van der Waals surface area contributed by atoms with Crippen LogP contribution in [0.4, 0.5) is 0 Å². The molecular formula is C18H28N2O2. The lowest BCUT2D eigenvalue weighted by Gasteiger charge is -2.26. The van der Waals surface area contributed by atoms with Crippen LogP contribution in [-0.4, -0.2) is 50.2 Å². The van der Waals surface area contributed by atoms with Crippen molar-refractivity contribution in [1.29, 1.82) is 0 Å². The quantitative estimate of drug-likeness (QED) is 0.784. The molecule has 1 aliphatic heterocycles. The molecule has 0 aromatic heterocycles. The summed E-state index contributed by atoms with van der Waals surface area (Å²) in [5, 5.41) is 3.03. The highest BCUT2D eigenvalue weighted by Gasteiger charge is 2.09. The van der Waals surface area contributed by atoms with Crippen molar-refractivity contribution < 1.29 is 9.53 Å².